The van der Waals surface area contributed by atoms with Crippen molar-refractivity contribution >= 4 is 29.1 Å². The number of nitrogens with zero attached hydrogens (tertiary/aromatic N) is 3. The summed E-state index contributed by atoms with van der Waals surface area (Å²) in [7, 11) is 0. The molecule has 4 rings (SSSR count). The van der Waals surface area contributed by atoms with Gasteiger partial charge < -0.3 is 20.0 Å². The maximum absolute atomic E-state index is 13.7. The molecule has 0 saturated carbocycles. The molecule has 192 valence electrons. The van der Waals surface area contributed by atoms with E-state index in [1.54, 1.807) is 12.1 Å². The Morgan fingerprint density at radius 2 is 1.53 bits per heavy atom. The Bertz CT molecular complexity index is 1060. The number of benzene rings is 2. The van der Waals surface area contributed by atoms with Crippen LogP contribution >= 0.6 is 0 Å². The van der Waals surface area contributed by atoms with E-state index in [1.807, 2.05) is 46.2 Å². The first-order valence-electron chi connectivity index (χ1n) is 13.2. The van der Waals surface area contributed by atoms with Crippen LogP contribution in [0.15, 0.2) is 48.5 Å². The quantitative estimate of drug-likeness (QED) is 0.640. The third-order valence-electron chi connectivity index (χ3n) is 6.94. The SMILES string of the molecule is CC(C)CC(=O)N1CCCN(c2ccc(NC(=O)c3ccccc3)cc2C(=O)N2CCCCC2)CC1. The summed E-state index contributed by atoms with van der Waals surface area (Å²) in [6.07, 6.45) is 4.60. The van der Waals surface area contributed by atoms with Gasteiger partial charge in [-0.15, -0.1) is 0 Å². The Morgan fingerprint density at radius 1 is 0.806 bits per heavy atom. The van der Waals surface area contributed by atoms with E-state index in [9.17, 15) is 14.4 Å². The maximum Gasteiger partial charge on any atom is 0.256 e. The number of carbonyl (C=O) groups is 3. The predicted octanol–water partition coefficient (Wildman–Crippen LogP) is 4.65. The standard InChI is InChI=1S/C29H38N4O3/c1-22(2)20-27(34)32-17-9-16-31(18-19-32)26-13-12-24(30-28(35)23-10-5-3-6-11-23)21-25(26)29(36)33-14-7-4-8-15-33/h3,5-6,10-13,21-22H,4,7-9,14-20H2,1-2H3,(H,30,35). The Kier molecular flexibility index (Phi) is 8.62. The van der Waals surface area contributed by atoms with Crippen LogP contribution in [0, 0.1) is 5.92 Å². The minimum absolute atomic E-state index is 0.0116. The summed E-state index contributed by atoms with van der Waals surface area (Å²) >= 11 is 0. The van der Waals surface area contributed by atoms with Gasteiger partial charge in [0.05, 0.1) is 5.56 Å². The average molecular weight is 491 g/mol. The lowest BCUT2D eigenvalue weighted by atomic mass is 10.1. The number of nitrogens with one attached hydrogen (secondary N) is 1. The molecule has 1 N–H and O–H groups in total. The van der Waals surface area contributed by atoms with Crippen LogP contribution in [0.25, 0.3) is 0 Å². The van der Waals surface area contributed by atoms with Gasteiger partial charge in [-0.2, -0.15) is 0 Å². The van der Waals surface area contributed by atoms with Gasteiger partial charge >= 0.3 is 0 Å². The molecule has 7 heteroatoms. The molecule has 2 heterocycles. The monoisotopic (exact) mass is 490 g/mol. The van der Waals surface area contributed by atoms with Crippen LogP contribution in [0.3, 0.4) is 0 Å². The van der Waals surface area contributed by atoms with E-state index in [-0.39, 0.29) is 17.7 Å². The van der Waals surface area contributed by atoms with Crippen LogP contribution in [-0.4, -0.2) is 66.8 Å². The maximum atomic E-state index is 13.7. The van der Waals surface area contributed by atoms with Crippen molar-refractivity contribution in [2.45, 2.75) is 46.0 Å². The normalized spacial score (nSPS) is 16.6. The average Bonchev–Trinajstić information content (AvgIpc) is 3.15. The molecular formula is C29H38N4O3. The van der Waals surface area contributed by atoms with Gasteiger partial charge in [0.1, 0.15) is 0 Å². The van der Waals surface area contributed by atoms with Crippen molar-refractivity contribution < 1.29 is 14.4 Å². The van der Waals surface area contributed by atoms with Gasteiger partial charge in [0.15, 0.2) is 0 Å². The summed E-state index contributed by atoms with van der Waals surface area (Å²) in [6.45, 7) is 8.50. The highest BCUT2D eigenvalue weighted by molar-refractivity contribution is 6.06. The summed E-state index contributed by atoms with van der Waals surface area (Å²) in [6, 6.07) is 14.7. The van der Waals surface area contributed by atoms with Gasteiger partial charge in [-0.3, -0.25) is 14.4 Å². The highest BCUT2D eigenvalue weighted by atomic mass is 16.2. The number of hydrogen-bond acceptors (Lipinski definition) is 4. The molecule has 0 aliphatic carbocycles. The fraction of sp³-hybridized carbons (Fsp3) is 0.483. The first-order chi connectivity index (χ1) is 17.4. The largest absolute Gasteiger partial charge is 0.369 e. The second-order valence-electron chi connectivity index (χ2n) is 10.2. The minimum atomic E-state index is -0.200. The van der Waals surface area contributed by atoms with Gasteiger partial charge in [-0.25, -0.2) is 0 Å². The lowest BCUT2D eigenvalue weighted by Gasteiger charge is -2.30. The molecule has 2 saturated heterocycles. The molecule has 2 aromatic carbocycles. The van der Waals surface area contributed by atoms with Gasteiger partial charge in [0, 0.05) is 62.6 Å². The highest BCUT2D eigenvalue weighted by Gasteiger charge is 2.26. The smallest absolute Gasteiger partial charge is 0.256 e. The summed E-state index contributed by atoms with van der Waals surface area (Å²) in [4.78, 5) is 45.2. The number of rotatable bonds is 6. The fourth-order valence-electron chi connectivity index (χ4n) is 5.01. The highest BCUT2D eigenvalue weighted by Crippen LogP contribution is 2.28. The first-order valence-corrected chi connectivity index (χ1v) is 13.2. The second-order valence-corrected chi connectivity index (χ2v) is 10.2. The molecular weight excluding hydrogens is 452 g/mol. The summed E-state index contributed by atoms with van der Waals surface area (Å²) < 4.78 is 0. The van der Waals surface area contributed by atoms with E-state index in [2.05, 4.69) is 24.1 Å². The van der Waals surface area contributed by atoms with E-state index >= 15 is 0 Å². The molecule has 0 aromatic heterocycles. The van der Waals surface area contributed by atoms with Crippen molar-refractivity contribution in [2.24, 2.45) is 5.92 Å². The number of amides is 3. The lowest BCUT2D eigenvalue weighted by Crippen LogP contribution is -2.38. The Morgan fingerprint density at radius 3 is 2.25 bits per heavy atom. The fourth-order valence-corrected chi connectivity index (χ4v) is 5.01. The zero-order valence-electron chi connectivity index (χ0n) is 21.5. The van der Waals surface area contributed by atoms with E-state index < -0.39 is 0 Å². The third kappa shape index (κ3) is 6.45. The van der Waals surface area contributed by atoms with E-state index in [0.717, 1.165) is 57.5 Å². The number of hydrogen-bond donors (Lipinski definition) is 1. The molecule has 2 aliphatic heterocycles. The van der Waals surface area contributed by atoms with Crippen LogP contribution in [0.5, 0.6) is 0 Å². The molecule has 0 unspecified atom stereocenters. The summed E-state index contributed by atoms with van der Waals surface area (Å²) in [5.41, 5.74) is 2.67. The van der Waals surface area contributed by atoms with E-state index in [1.165, 1.54) is 0 Å². The molecule has 0 bridgehead atoms. The Balaban J connectivity index is 1.57. The third-order valence-corrected chi connectivity index (χ3v) is 6.94. The number of piperidine rings is 1. The molecule has 0 atom stereocenters. The number of anilines is 2. The van der Waals surface area contributed by atoms with Crippen LogP contribution in [-0.2, 0) is 4.79 Å². The van der Waals surface area contributed by atoms with Crippen molar-refractivity contribution in [3.05, 3.63) is 59.7 Å². The van der Waals surface area contributed by atoms with E-state index in [4.69, 9.17) is 0 Å². The first kappa shape index (κ1) is 25.7. The number of likely N-dealkylation sites (tertiary alicyclic amines) is 1. The number of carbonyl (C=O) groups excluding carboxylic acids is 3. The van der Waals surface area contributed by atoms with Gasteiger partial charge in [-0.1, -0.05) is 32.0 Å². The van der Waals surface area contributed by atoms with Crippen molar-refractivity contribution in [1.82, 2.24) is 9.80 Å². The zero-order valence-corrected chi connectivity index (χ0v) is 21.5. The zero-order chi connectivity index (χ0) is 25.5. The van der Waals surface area contributed by atoms with Gasteiger partial charge in [0.25, 0.3) is 11.8 Å². The summed E-state index contributed by atoms with van der Waals surface area (Å²) in [5, 5.41) is 2.96. The molecule has 36 heavy (non-hydrogen) atoms. The predicted molar refractivity (Wildman–Crippen MR) is 143 cm³/mol. The Hall–Kier alpha value is -3.35. The molecule has 7 nitrogen and oxygen atoms in total. The van der Waals surface area contributed by atoms with Crippen LogP contribution in [0.1, 0.15) is 66.7 Å². The van der Waals surface area contributed by atoms with Gasteiger partial charge in [-0.05, 0) is 61.9 Å². The summed E-state index contributed by atoms with van der Waals surface area (Å²) in [5.74, 6) is 0.353. The second kappa shape index (κ2) is 12.1. The van der Waals surface area contributed by atoms with Crippen LogP contribution < -0.4 is 10.2 Å². The lowest BCUT2D eigenvalue weighted by molar-refractivity contribution is -0.131. The molecule has 3 amide bonds. The molecule has 0 radical (unpaired) electrons. The van der Waals surface area contributed by atoms with Gasteiger partial charge in [0.2, 0.25) is 5.91 Å². The van der Waals surface area contributed by atoms with Crippen molar-refractivity contribution in [3.63, 3.8) is 0 Å². The molecule has 2 aromatic rings. The van der Waals surface area contributed by atoms with Crippen LogP contribution in [0.4, 0.5) is 11.4 Å². The topological polar surface area (TPSA) is 73.0 Å². The van der Waals surface area contributed by atoms with Crippen molar-refractivity contribution in [3.8, 4) is 0 Å². The van der Waals surface area contributed by atoms with Crippen molar-refractivity contribution in [2.75, 3.05) is 49.5 Å². The molecule has 2 aliphatic rings. The van der Waals surface area contributed by atoms with Crippen molar-refractivity contribution in [1.29, 1.82) is 0 Å². The van der Waals surface area contributed by atoms with E-state index in [0.29, 0.717) is 42.2 Å². The molecule has 0 spiro atoms. The Labute approximate surface area is 214 Å². The minimum Gasteiger partial charge on any atom is -0.369 e. The van der Waals surface area contributed by atoms with Crippen LogP contribution in [0.2, 0.25) is 0 Å². The molecule has 2 fully saturated rings.